The van der Waals surface area contributed by atoms with Gasteiger partial charge in [-0.05, 0) is 60.8 Å². The Labute approximate surface area is 130 Å². The molecule has 1 aliphatic carbocycles. The van der Waals surface area contributed by atoms with Crippen molar-refractivity contribution in [1.82, 2.24) is 4.90 Å². The predicted octanol–water partition coefficient (Wildman–Crippen LogP) is 3.65. The summed E-state index contributed by atoms with van der Waals surface area (Å²) >= 11 is 6.80. The lowest BCUT2D eigenvalue weighted by Crippen LogP contribution is -2.37. The number of hydrogen-bond acceptors (Lipinski definition) is 3. The lowest BCUT2D eigenvalue weighted by molar-refractivity contribution is 0.0698. The number of hydrogen-bond donors (Lipinski definition) is 2. The fourth-order valence-corrected chi connectivity index (χ4v) is 3.99. The zero-order valence-corrected chi connectivity index (χ0v) is 14.1. The van der Waals surface area contributed by atoms with E-state index in [-0.39, 0.29) is 6.10 Å². The molecule has 0 heterocycles. The Morgan fingerprint density at radius 2 is 2.05 bits per heavy atom. The van der Waals surface area contributed by atoms with Crippen molar-refractivity contribution in [3.05, 3.63) is 26.6 Å². The van der Waals surface area contributed by atoms with E-state index in [0.717, 1.165) is 35.7 Å². The van der Waals surface area contributed by atoms with E-state index in [0.29, 0.717) is 22.8 Å². The molecule has 2 unspecified atom stereocenters. The van der Waals surface area contributed by atoms with Gasteiger partial charge in [-0.1, -0.05) is 15.9 Å². The standard InChI is InChI=1S/C14H19Br2NO2/c1-17(11-3-2-4-12(18)7-11)8-9-5-10(15)6-13(16)14(9)19/h5-6,11-12,18-19H,2-4,7-8H2,1H3. The summed E-state index contributed by atoms with van der Waals surface area (Å²) < 4.78 is 1.65. The van der Waals surface area contributed by atoms with E-state index >= 15 is 0 Å². The van der Waals surface area contributed by atoms with Crippen LogP contribution in [0.1, 0.15) is 31.2 Å². The topological polar surface area (TPSA) is 43.7 Å². The Balaban J connectivity index is 2.08. The van der Waals surface area contributed by atoms with E-state index in [1.54, 1.807) is 0 Å². The highest BCUT2D eigenvalue weighted by atomic mass is 79.9. The number of rotatable bonds is 3. The molecule has 1 aromatic rings. The van der Waals surface area contributed by atoms with Crippen molar-refractivity contribution in [3.8, 4) is 5.75 Å². The SMILES string of the molecule is CN(Cc1cc(Br)cc(Br)c1O)C1CCCC(O)C1. The normalized spacial score (nSPS) is 23.8. The van der Waals surface area contributed by atoms with Crippen molar-refractivity contribution in [2.45, 2.75) is 44.4 Å². The molecule has 0 aromatic heterocycles. The Hall–Kier alpha value is -0.100. The number of aliphatic hydroxyl groups is 1. The van der Waals surface area contributed by atoms with Gasteiger partial charge >= 0.3 is 0 Å². The van der Waals surface area contributed by atoms with Crippen LogP contribution < -0.4 is 0 Å². The highest BCUT2D eigenvalue weighted by molar-refractivity contribution is 9.11. The Kier molecular flexibility index (Phi) is 5.29. The van der Waals surface area contributed by atoms with Gasteiger partial charge in [-0.15, -0.1) is 0 Å². The summed E-state index contributed by atoms with van der Waals surface area (Å²) in [6.07, 6.45) is 3.75. The summed E-state index contributed by atoms with van der Waals surface area (Å²) in [5, 5.41) is 19.8. The largest absolute Gasteiger partial charge is 0.506 e. The first-order chi connectivity index (χ1) is 8.97. The van der Waals surface area contributed by atoms with Crippen LogP contribution in [0.2, 0.25) is 0 Å². The van der Waals surface area contributed by atoms with Crippen molar-refractivity contribution < 1.29 is 10.2 Å². The van der Waals surface area contributed by atoms with Crippen LogP contribution >= 0.6 is 31.9 Å². The maximum absolute atomic E-state index is 10.1. The predicted molar refractivity (Wildman–Crippen MR) is 83.2 cm³/mol. The molecule has 1 aliphatic rings. The van der Waals surface area contributed by atoms with Crippen LogP contribution in [0.5, 0.6) is 5.75 Å². The lowest BCUT2D eigenvalue weighted by Gasteiger charge is -2.33. The number of nitrogens with zero attached hydrogens (tertiary/aromatic N) is 1. The first-order valence-electron chi connectivity index (χ1n) is 6.52. The van der Waals surface area contributed by atoms with Gasteiger partial charge in [-0.2, -0.15) is 0 Å². The molecule has 0 saturated heterocycles. The van der Waals surface area contributed by atoms with Gasteiger partial charge in [0.25, 0.3) is 0 Å². The number of aliphatic hydroxyl groups excluding tert-OH is 1. The first-order valence-corrected chi connectivity index (χ1v) is 8.11. The fourth-order valence-electron chi connectivity index (χ4n) is 2.68. The third-order valence-electron chi connectivity index (χ3n) is 3.77. The number of halogens is 2. The van der Waals surface area contributed by atoms with Gasteiger partial charge in [0.15, 0.2) is 0 Å². The van der Waals surface area contributed by atoms with Gasteiger partial charge in [-0.3, -0.25) is 4.90 Å². The molecule has 0 spiro atoms. The summed E-state index contributed by atoms with van der Waals surface area (Å²) in [6.45, 7) is 0.682. The molecule has 0 aliphatic heterocycles. The molecule has 1 aromatic carbocycles. The molecule has 106 valence electrons. The van der Waals surface area contributed by atoms with E-state index in [1.165, 1.54) is 0 Å². The Bertz CT molecular complexity index is 453. The highest BCUT2D eigenvalue weighted by Gasteiger charge is 2.24. The van der Waals surface area contributed by atoms with Gasteiger partial charge in [-0.25, -0.2) is 0 Å². The molecule has 0 bridgehead atoms. The highest BCUT2D eigenvalue weighted by Crippen LogP contribution is 2.33. The summed E-state index contributed by atoms with van der Waals surface area (Å²) in [4.78, 5) is 2.22. The quantitative estimate of drug-likeness (QED) is 0.824. The third kappa shape index (κ3) is 3.94. The zero-order valence-electron chi connectivity index (χ0n) is 10.9. The summed E-state index contributed by atoms with van der Waals surface area (Å²) in [6, 6.07) is 4.17. The van der Waals surface area contributed by atoms with E-state index in [4.69, 9.17) is 0 Å². The van der Waals surface area contributed by atoms with E-state index in [9.17, 15) is 10.2 Å². The van der Waals surface area contributed by atoms with Crippen molar-refractivity contribution >= 4 is 31.9 Å². The van der Waals surface area contributed by atoms with Crippen LogP contribution in [0.4, 0.5) is 0 Å². The number of phenolic OH excluding ortho intramolecular Hbond substituents is 1. The van der Waals surface area contributed by atoms with Gasteiger partial charge in [0.05, 0.1) is 10.6 Å². The molecule has 2 rings (SSSR count). The van der Waals surface area contributed by atoms with Crippen LogP contribution in [0, 0.1) is 0 Å². The van der Waals surface area contributed by atoms with Crippen LogP contribution in [0.25, 0.3) is 0 Å². The van der Waals surface area contributed by atoms with Crippen LogP contribution in [-0.4, -0.2) is 34.3 Å². The molecular formula is C14H19Br2NO2. The van der Waals surface area contributed by atoms with Crippen molar-refractivity contribution in [3.63, 3.8) is 0 Å². The molecule has 0 amide bonds. The molecule has 3 nitrogen and oxygen atoms in total. The van der Waals surface area contributed by atoms with E-state index in [1.807, 2.05) is 12.1 Å². The molecule has 2 atom stereocenters. The summed E-state index contributed by atoms with van der Waals surface area (Å²) in [5.74, 6) is 0.298. The molecule has 1 saturated carbocycles. The molecule has 5 heteroatoms. The molecule has 2 N–H and O–H groups in total. The lowest BCUT2D eigenvalue weighted by atomic mass is 9.92. The van der Waals surface area contributed by atoms with Crippen LogP contribution in [0.15, 0.2) is 21.1 Å². The minimum absolute atomic E-state index is 0.177. The summed E-state index contributed by atoms with van der Waals surface area (Å²) in [7, 11) is 2.05. The number of phenols is 1. The maximum atomic E-state index is 10.1. The van der Waals surface area contributed by atoms with Gasteiger partial charge in [0.1, 0.15) is 5.75 Å². The van der Waals surface area contributed by atoms with Crippen molar-refractivity contribution in [2.24, 2.45) is 0 Å². The van der Waals surface area contributed by atoms with Gasteiger partial charge < -0.3 is 10.2 Å². The molecule has 1 fully saturated rings. The second-order valence-corrected chi connectivity index (χ2v) is 7.05. The Morgan fingerprint density at radius 3 is 2.74 bits per heavy atom. The van der Waals surface area contributed by atoms with E-state index < -0.39 is 0 Å². The summed E-state index contributed by atoms with van der Waals surface area (Å²) in [5.41, 5.74) is 0.892. The molecular weight excluding hydrogens is 374 g/mol. The maximum Gasteiger partial charge on any atom is 0.134 e. The monoisotopic (exact) mass is 391 g/mol. The fraction of sp³-hybridized carbons (Fsp3) is 0.571. The van der Waals surface area contributed by atoms with Crippen LogP contribution in [0.3, 0.4) is 0 Å². The second-order valence-electron chi connectivity index (χ2n) is 5.28. The van der Waals surface area contributed by atoms with Crippen LogP contribution in [-0.2, 0) is 6.54 Å². The van der Waals surface area contributed by atoms with E-state index in [2.05, 4.69) is 43.8 Å². The minimum atomic E-state index is -0.177. The average Bonchev–Trinajstić information content (AvgIpc) is 2.35. The zero-order chi connectivity index (χ0) is 14.0. The number of benzene rings is 1. The Morgan fingerprint density at radius 1 is 1.32 bits per heavy atom. The first kappa shape index (κ1) is 15.3. The van der Waals surface area contributed by atoms with Crippen molar-refractivity contribution in [1.29, 1.82) is 0 Å². The second kappa shape index (κ2) is 6.57. The smallest absolute Gasteiger partial charge is 0.134 e. The van der Waals surface area contributed by atoms with Crippen molar-refractivity contribution in [2.75, 3.05) is 7.05 Å². The average molecular weight is 393 g/mol. The molecule has 0 radical (unpaired) electrons. The minimum Gasteiger partial charge on any atom is -0.506 e. The third-order valence-corrected chi connectivity index (χ3v) is 4.83. The van der Waals surface area contributed by atoms with Gasteiger partial charge in [0, 0.05) is 22.6 Å². The molecule has 19 heavy (non-hydrogen) atoms. The number of aromatic hydroxyl groups is 1. The van der Waals surface area contributed by atoms with Gasteiger partial charge in [0.2, 0.25) is 0 Å².